The highest BCUT2D eigenvalue weighted by Gasteiger charge is 2.27. The second-order valence-corrected chi connectivity index (χ2v) is 7.84. The van der Waals surface area contributed by atoms with Crippen LogP contribution in [0.25, 0.3) is 0 Å². The van der Waals surface area contributed by atoms with Gasteiger partial charge in [0.1, 0.15) is 13.2 Å². The van der Waals surface area contributed by atoms with E-state index in [4.69, 9.17) is 9.47 Å². The Morgan fingerprint density at radius 3 is 2.68 bits per heavy atom. The van der Waals surface area contributed by atoms with Gasteiger partial charge in [0.15, 0.2) is 11.5 Å². The van der Waals surface area contributed by atoms with Crippen molar-refractivity contribution < 1.29 is 19.1 Å². The highest BCUT2D eigenvalue weighted by molar-refractivity contribution is 5.94. The van der Waals surface area contributed by atoms with Gasteiger partial charge in [-0.2, -0.15) is 0 Å². The van der Waals surface area contributed by atoms with Crippen LogP contribution >= 0.6 is 0 Å². The van der Waals surface area contributed by atoms with Crippen molar-refractivity contribution in [3.8, 4) is 11.5 Å². The standard InChI is InChI=1S/C23H28N4O4/c1-24-23(29)17-5-3-4-16(12-17)19-14-27(9-8-26(19)2)15-22(28)25-18-6-7-20-21(13-18)31-11-10-30-20/h3-7,12-13,19H,8-11,14-15H2,1-2H3,(H,24,29)(H,25,28)/t19-/m1/s1. The van der Waals surface area contributed by atoms with Crippen LogP contribution in [0.15, 0.2) is 42.5 Å². The minimum Gasteiger partial charge on any atom is -0.486 e. The molecule has 0 aromatic heterocycles. The first kappa shape index (κ1) is 21.1. The minimum atomic E-state index is -0.101. The zero-order valence-electron chi connectivity index (χ0n) is 17.9. The first-order valence-electron chi connectivity index (χ1n) is 10.5. The van der Waals surface area contributed by atoms with Gasteiger partial charge in [0.25, 0.3) is 5.91 Å². The van der Waals surface area contributed by atoms with Gasteiger partial charge in [0.05, 0.1) is 6.54 Å². The van der Waals surface area contributed by atoms with Crippen molar-refractivity contribution in [2.75, 3.05) is 58.8 Å². The average molecular weight is 425 g/mol. The van der Waals surface area contributed by atoms with E-state index < -0.39 is 0 Å². The van der Waals surface area contributed by atoms with Crippen LogP contribution in [0.5, 0.6) is 11.5 Å². The molecule has 4 rings (SSSR count). The smallest absolute Gasteiger partial charge is 0.251 e. The molecule has 0 aliphatic carbocycles. The van der Waals surface area contributed by atoms with E-state index >= 15 is 0 Å². The summed E-state index contributed by atoms with van der Waals surface area (Å²) in [7, 11) is 3.70. The Labute approximate surface area is 182 Å². The highest BCUT2D eigenvalue weighted by Crippen LogP contribution is 2.32. The first-order chi connectivity index (χ1) is 15.0. The predicted molar refractivity (Wildman–Crippen MR) is 118 cm³/mol. The molecule has 8 heteroatoms. The van der Waals surface area contributed by atoms with Crippen molar-refractivity contribution in [1.82, 2.24) is 15.1 Å². The number of carbonyl (C=O) groups excluding carboxylic acids is 2. The molecule has 2 aliphatic rings. The molecule has 2 aliphatic heterocycles. The van der Waals surface area contributed by atoms with Crippen molar-refractivity contribution in [1.29, 1.82) is 0 Å². The molecule has 0 bridgehead atoms. The molecule has 2 amide bonds. The molecule has 0 saturated carbocycles. The molecular formula is C23H28N4O4. The van der Waals surface area contributed by atoms with E-state index in [0.717, 1.165) is 18.7 Å². The zero-order valence-corrected chi connectivity index (χ0v) is 17.9. The van der Waals surface area contributed by atoms with Crippen LogP contribution in [0.1, 0.15) is 22.0 Å². The van der Waals surface area contributed by atoms with Crippen LogP contribution in [0.4, 0.5) is 5.69 Å². The Morgan fingerprint density at radius 1 is 1.06 bits per heavy atom. The Balaban J connectivity index is 1.39. The molecule has 164 valence electrons. The van der Waals surface area contributed by atoms with Gasteiger partial charge in [-0.15, -0.1) is 0 Å². The number of hydrogen-bond acceptors (Lipinski definition) is 6. The van der Waals surface area contributed by atoms with Gasteiger partial charge in [-0.3, -0.25) is 19.4 Å². The number of ether oxygens (including phenoxy) is 2. The molecule has 31 heavy (non-hydrogen) atoms. The summed E-state index contributed by atoms with van der Waals surface area (Å²) in [6.45, 7) is 3.70. The maximum Gasteiger partial charge on any atom is 0.251 e. The van der Waals surface area contributed by atoms with Gasteiger partial charge in [0.2, 0.25) is 5.91 Å². The van der Waals surface area contributed by atoms with Crippen LogP contribution in [-0.2, 0) is 4.79 Å². The van der Waals surface area contributed by atoms with Gasteiger partial charge >= 0.3 is 0 Å². The normalized spacial score (nSPS) is 19.0. The predicted octanol–water partition coefficient (Wildman–Crippen LogP) is 1.74. The maximum atomic E-state index is 12.7. The first-order valence-corrected chi connectivity index (χ1v) is 10.5. The van der Waals surface area contributed by atoms with Crippen LogP contribution < -0.4 is 20.1 Å². The third-order valence-corrected chi connectivity index (χ3v) is 5.69. The van der Waals surface area contributed by atoms with E-state index in [9.17, 15) is 9.59 Å². The average Bonchev–Trinajstić information content (AvgIpc) is 2.79. The summed E-state index contributed by atoms with van der Waals surface area (Å²) in [6, 6.07) is 13.2. The van der Waals surface area contributed by atoms with Gasteiger partial charge in [0, 0.05) is 50.0 Å². The molecule has 0 radical (unpaired) electrons. The summed E-state index contributed by atoms with van der Waals surface area (Å²) in [5, 5.41) is 5.62. The lowest BCUT2D eigenvalue weighted by Gasteiger charge is -2.39. The molecule has 1 fully saturated rings. The van der Waals surface area contributed by atoms with Gasteiger partial charge in [-0.25, -0.2) is 0 Å². The molecular weight excluding hydrogens is 396 g/mol. The van der Waals surface area contributed by atoms with Gasteiger partial charge < -0.3 is 20.1 Å². The van der Waals surface area contributed by atoms with Crippen LogP contribution in [0.3, 0.4) is 0 Å². The van der Waals surface area contributed by atoms with E-state index in [1.54, 1.807) is 13.1 Å². The summed E-state index contributed by atoms with van der Waals surface area (Å²) in [5.74, 6) is 1.18. The van der Waals surface area contributed by atoms with Gasteiger partial charge in [-0.05, 0) is 36.9 Å². The van der Waals surface area contributed by atoms with Crippen LogP contribution in [0, 0.1) is 0 Å². The number of nitrogens with zero attached hydrogens (tertiary/aromatic N) is 2. The maximum absolute atomic E-state index is 12.7. The second kappa shape index (κ2) is 9.36. The fourth-order valence-electron chi connectivity index (χ4n) is 3.99. The molecule has 0 unspecified atom stereocenters. The topological polar surface area (TPSA) is 83.1 Å². The molecule has 1 atom stereocenters. The van der Waals surface area contributed by atoms with Gasteiger partial charge in [-0.1, -0.05) is 12.1 Å². The van der Waals surface area contributed by atoms with Crippen molar-refractivity contribution in [3.63, 3.8) is 0 Å². The van der Waals surface area contributed by atoms with E-state index in [1.807, 2.05) is 36.4 Å². The lowest BCUT2D eigenvalue weighted by atomic mass is 10.00. The number of benzene rings is 2. The molecule has 2 aromatic rings. The van der Waals surface area contributed by atoms with Crippen molar-refractivity contribution in [2.45, 2.75) is 6.04 Å². The summed E-state index contributed by atoms with van der Waals surface area (Å²) < 4.78 is 11.1. The summed E-state index contributed by atoms with van der Waals surface area (Å²) in [6.07, 6.45) is 0. The molecule has 2 aromatic carbocycles. The highest BCUT2D eigenvalue weighted by atomic mass is 16.6. The van der Waals surface area contributed by atoms with Crippen molar-refractivity contribution in [3.05, 3.63) is 53.6 Å². The van der Waals surface area contributed by atoms with Crippen LogP contribution in [0.2, 0.25) is 0 Å². The molecule has 2 N–H and O–H groups in total. The third kappa shape index (κ3) is 4.98. The number of fused-ring (bicyclic) bond motifs is 1. The number of rotatable bonds is 5. The number of piperazine rings is 1. The Morgan fingerprint density at radius 2 is 1.87 bits per heavy atom. The largest absolute Gasteiger partial charge is 0.486 e. The Kier molecular flexibility index (Phi) is 6.39. The number of nitrogens with one attached hydrogen (secondary N) is 2. The number of carbonyl (C=O) groups is 2. The number of hydrogen-bond donors (Lipinski definition) is 2. The quantitative estimate of drug-likeness (QED) is 0.761. The minimum absolute atomic E-state index is 0.0703. The zero-order chi connectivity index (χ0) is 21.8. The van der Waals surface area contributed by atoms with E-state index in [2.05, 4.69) is 27.5 Å². The monoisotopic (exact) mass is 424 g/mol. The fourth-order valence-corrected chi connectivity index (χ4v) is 3.99. The van der Waals surface area contributed by atoms with Crippen molar-refractivity contribution in [2.24, 2.45) is 0 Å². The van der Waals surface area contributed by atoms with E-state index in [-0.39, 0.29) is 17.9 Å². The Hall–Kier alpha value is -3.10. The second-order valence-electron chi connectivity index (χ2n) is 7.84. The number of anilines is 1. The molecule has 8 nitrogen and oxygen atoms in total. The third-order valence-electron chi connectivity index (χ3n) is 5.69. The van der Waals surface area contributed by atoms with E-state index in [0.29, 0.717) is 49.1 Å². The summed E-state index contributed by atoms with van der Waals surface area (Å²) in [4.78, 5) is 29.1. The molecule has 2 heterocycles. The Bertz CT molecular complexity index is 964. The fraction of sp³-hybridized carbons (Fsp3) is 0.391. The molecule has 1 saturated heterocycles. The molecule has 0 spiro atoms. The lowest BCUT2D eigenvalue weighted by Crippen LogP contribution is -2.48. The van der Waals surface area contributed by atoms with E-state index in [1.165, 1.54) is 0 Å². The SMILES string of the molecule is CNC(=O)c1cccc([C@H]2CN(CC(=O)Nc3ccc4c(c3)OCCO4)CCN2C)c1. The van der Waals surface area contributed by atoms with Crippen LogP contribution in [-0.4, -0.2) is 75.1 Å². The summed E-state index contributed by atoms with van der Waals surface area (Å²) in [5.41, 5.74) is 2.40. The summed E-state index contributed by atoms with van der Waals surface area (Å²) >= 11 is 0. The number of likely N-dealkylation sites (N-methyl/N-ethyl adjacent to an activating group) is 1. The number of amides is 2. The lowest BCUT2D eigenvalue weighted by molar-refractivity contribution is -0.118. The van der Waals surface area contributed by atoms with Crippen molar-refractivity contribution >= 4 is 17.5 Å².